The van der Waals surface area contributed by atoms with Crippen LogP contribution in [0.25, 0.3) is 0 Å². The van der Waals surface area contributed by atoms with Crippen molar-refractivity contribution < 1.29 is 37.3 Å². The Balaban J connectivity index is 6.05. The minimum Gasteiger partial charge on any atom is -0.266 e. The number of nitrogens with zero attached hydrogens (tertiary/aromatic N) is 4. The summed E-state index contributed by atoms with van der Waals surface area (Å²) < 4.78 is 62.2. The van der Waals surface area contributed by atoms with Crippen molar-refractivity contribution >= 4 is 0 Å². The average molecular weight is 298 g/mol. The summed E-state index contributed by atoms with van der Waals surface area (Å²) in [5.74, 6) is -4.96. The first kappa shape index (κ1) is 17.3. The summed E-state index contributed by atoms with van der Waals surface area (Å²) in [4.78, 5) is 16.1. The van der Waals surface area contributed by atoms with Crippen molar-refractivity contribution in [3.8, 4) is 0 Å². The molecule has 0 amide bonds. The Bertz CT molecular complexity index is 333. The second-order valence-electron chi connectivity index (χ2n) is 3.22. The van der Waals surface area contributed by atoms with Crippen molar-refractivity contribution in [1.82, 2.24) is 10.7 Å². The number of alkyl halides is 1. The van der Waals surface area contributed by atoms with Crippen LogP contribution in [0.15, 0.2) is 0 Å². The SMILES string of the molecule is O=[N+]([O-])C(O)([N+](=O)[O-])C(CCCF)(N(F)F)N(F)F. The fraction of sp³-hybridized carbons (Fsp3) is 1.00. The predicted octanol–water partition coefficient (Wildman–Crippen LogP) is 0.774. The lowest BCUT2D eigenvalue weighted by Crippen LogP contribution is -2.72. The highest BCUT2D eigenvalue weighted by Crippen LogP contribution is 2.39. The quantitative estimate of drug-likeness (QED) is 0.231. The largest absolute Gasteiger partial charge is 0.619 e. The van der Waals surface area contributed by atoms with Gasteiger partial charge in [-0.15, -0.1) is 0 Å². The molecule has 0 radical (unpaired) electrons. The predicted molar refractivity (Wildman–Crippen MR) is 45.0 cm³/mol. The van der Waals surface area contributed by atoms with Crippen molar-refractivity contribution in [3.05, 3.63) is 20.2 Å². The fourth-order valence-electron chi connectivity index (χ4n) is 1.29. The van der Waals surface area contributed by atoms with E-state index in [0.717, 1.165) is 0 Å². The van der Waals surface area contributed by atoms with E-state index in [0.29, 0.717) is 0 Å². The molecule has 0 aliphatic heterocycles. The Morgan fingerprint density at radius 1 is 1.05 bits per heavy atom. The van der Waals surface area contributed by atoms with Crippen molar-refractivity contribution in [2.45, 2.75) is 24.4 Å². The van der Waals surface area contributed by atoms with Gasteiger partial charge in [0.15, 0.2) is 0 Å². The molecule has 0 saturated carbocycles. The highest BCUT2D eigenvalue weighted by molar-refractivity contribution is 4.86. The molecule has 0 aromatic heterocycles. The molecule has 14 heteroatoms. The first-order chi connectivity index (χ1) is 8.58. The van der Waals surface area contributed by atoms with Gasteiger partial charge in [0.2, 0.25) is 0 Å². The average Bonchev–Trinajstić information content (AvgIpc) is 2.27. The molecule has 19 heavy (non-hydrogen) atoms. The van der Waals surface area contributed by atoms with E-state index in [1.165, 1.54) is 0 Å². The van der Waals surface area contributed by atoms with Crippen LogP contribution in [0.4, 0.5) is 22.3 Å². The Hall–Kier alpha value is -1.67. The summed E-state index contributed by atoms with van der Waals surface area (Å²) in [6.45, 7) is -1.46. The topological polar surface area (TPSA) is 113 Å². The lowest BCUT2D eigenvalue weighted by atomic mass is 9.99. The molecule has 9 nitrogen and oxygen atoms in total. The Morgan fingerprint density at radius 2 is 1.42 bits per heavy atom. The third-order valence-electron chi connectivity index (χ3n) is 2.26. The Labute approximate surface area is 100 Å². The molecule has 0 atom stereocenters. The number of hydrogen-bond acceptors (Lipinski definition) is 7. The first-order valence-corrected chi connectivity index (χ1v) is 4.40. The minimum atomic E-state index is -4.96. The van der Waals surface area contributed by atoms with Crippen LogP contribution in [0, 0.1) is 20.2 Å². The van der Waals surface area contributed by atoms with Crippen LogP contribution < -0.4 is 0 Å². The molecule has 0 aromatic carbocycles. The third-order valence-corrected chi connectivity index (χ3v) is 2.26. The smallest absolute Gasteiger partial charge is 0.266 e. The fourth-order valence-corrected chi connectivity index (χ4v) is 1.29. The highest BCUT2D eigenvalue weighted by Gasteiger charge is 2.82. The van der Waals surface area contributed by atoms with E-state index < -0.39 is 51.6 Å². The first-order valence-electron chi connectivity index (χ1n) is 4.40. The van der Waals surface area contributed by atoms with E-state index in [1.807, 2.05) is 0 Å². The van der Waals surface area contributed by atoms with Crippen molar-refractivity contribution in [3.63, 3.8) is 0 Å². The molecule has 0 bridgehead atoms. The van der Waals surface area contributed by atoms with Gasteiger partial charge in [-0.25, -0.2) is 0 Å². The van der Waals surface area contributed by atoms with Gasteiger partial charge in [0.1, 0.15) is 9.85 Å². The summed E-state index contributed by atoms with van der Waals surface area (Å²) in [7, 11) is 0. The zero-order valence-corrected chi connectivity index (χ0v) is 8.88. The molecule has 0 fully saturated rings. The van der Waals surface area contributed by atoms with Gasteiger partial charge in [0, 0.05) is 6.42 Å². The second-order valence-corrected chi connectivity index (χ2v) is 3.22. The van der Waals surface area contributed by atoms with Gasteiger partial charge in [0.25, 0.3) is 0 Å². The number of hydrogen-bond donors (Lipinski definition) is 1. The van der Waals surface area contributed by atoms with Gasteiger partial charge in [0.05, 0.1) is 17.4 Å². The van der Waals surface area contributed by atoms with E-state index in [-0.39, 0.29) is 0 Å². The van der Waals surface area contributed by atoms with Crippen molar-refractivity contribution in [2.75, 3.05) is 6.67 Å². The molecule has 0 aliphatic carbocycles. The number of halogens is 5. The molecule has 0 unspecified atom stereocenters. The van der Waals surface area contributed by atoms with Crippen LogP contribution >= 0.6 is 0 Å². The van der Waals surface area contributed by atoms with Gasteiger partial charge in [-0.2, -0.15) is 0 Å². The Kier molecular flexibility index (Phi) is 5.46. The molecular formula is C5H7F5N4O5. The maximum Gasteiger partial charge on any atom is 0.619 e. The normalized spacial score (nSPS) is 13.1. The summed E-state index contributed by atoms with van der Waals surface area (Å²) in [5.41, 5.74) is -4.63. The van der Waals surface area contributed by atoms with E-state index in [4.69, 9.17) is 5.11 Å². The number of aliphatic hydroxyl groups is 1. The van der Waals surface area contributed by atoms with Crippen LogP contribution in [0.3, 0.4) is 0 Å². The minimum absolute atomic E-state index is 1.11. The van der Waals surface area contributed by atoms with Gasteiger partial charge >= 0.3 is 11.5 Å². The highest BCUT2D eigenvalue weighted by atomic mass is 19.4. The summed E-state index contributed by atoms with van der Waals surface area (Å²) in [6.07, 6.45) is -2.89. The summed E-state index contributed by atoms with van der Waals surface area (Å²) in [6, 6.07) is 0. The monoisotopic (exact) mass is 298 g/mol. The van der Waals surface area contributed by atoms with Crippen molar-refractivity contribution in [2.24, 2.45) is 0 Å². The number of nitro groups is 2. The maximum atomic E-state index is 12.6. The standard InChI is InChI=1S/C5H7F5N4O5/c6-3-1-2-4(11(7)8,12(9)10)5(15,13(16)17)14(18)19/h15H,1-3H2. The second kappa shape index (κ2) is 5.98. The lowest BCUT2D eigenvalue weighted by molar-refractivity contribution is -0.877. The van der Waals surface area contributed by atoms with E-state index >= 15 is 0 Å². The van der Waals surface area contributed by atoms with Gasteiger partial charge in [-0.3, -0.25) is 29.7 Å². The molecule has 0 aromatic rings. The molecule has 0 aliphatic rings. The van der Waals surface area contributed by atoms with Gasteiger partial charge in [-0.05, 0) is 6.42 Å². The Morgan fingerprint density at radius 3 is 1.63 bits per heavy atom. The van der Waals surface area contributed by atoms with Crippen LogP contribution in [-0.4, -0.2) is 43.8 Å². The van der Waals surface area contributed by atoms with Crippen LogP contribution in [0.1, 0.15) is 12.8 Å². The van der Waals surface area contributed by atoms with E-state index in [2.05, 4.69) is 0 Å². The summed E-state index contributed by atoms with van der Waals surface area (Å²) >= 11 is 0. The molecular weight excluding hydrogens is 291 g/mol. The van der Waals surface area contributed by atoms with Crippen molar-refractivity contribution in [1.29, 1.82) is 0 Å². The van der Waals surface area contributed by atoms with Gasteiger partial charge in [-0.1, -0.05) is 17.9 Å². The third kappa shape index (κ3) is 2.54. The zero-order valence-electron chi connectivity index (χ0n) is 8.88. The van der Waals surface area contributed by atoms with Gasteiger partial charge < -0.3 is 0 Å². The van der Waals surface area contributed by atoms with Crippen LogP contribution in [0.5, 0.6) is 0 Å². The summed E-state index contributed by atoms with van der Waals surface area (Å²) in [5, 5.41) is 24.7. The van der Waals surface area contributed by atoms with Crippen LogP contribution in [-0.2, 0) is 0 Å². The van der Waals surface area contributed by atoms with E-state index in [9.17, 15) is 42.5 Å². The molecule has 1 N–H and O–H groups in total. The van der Waals surface area contributed by atoms with E-state index in [1.54, 1.807) is 0 Å². The van der Waals surface area contributed by atoms with Crippen LogP contribution in [0.2, 0.25) is 0 Å². The molecule has 0 rings (SSSR count). The lowest BCUT2D eigenvalue weighted by Gasteiger charge is -2.32. The maximum absolute atomic E-state index is 12.6. The molecule has 112 valence electrons. The molecule has 0 heterocycles. The molecule has 0 saturated heterocycles. The zero-order chi connectivity index (χ0) is 15.4. The molecule has 0 spiro atoms. The number of rotatable bonds is 8.